The summed E-state index contributed by atoms with van der Waals surface area (Å²) >= 11 is 18.2. The Kier molecular flexibility index (Phi) is 3.61. The maximum absolute atomic E-state index is 6.24. The maximum atomic E-state index is 6.24. The minimum absolute atomic E-state index is 0.340. The Morgan fingerprint density at radius 3 is 2.39 bits per heavy atom. The summed E-state index contributed by atoms with van der Waals surface area (Å²) < 4.78 is 0. The third-order valence-corrected chi connectivity index (χ3v) is 4.97. The molecule has 1 aromatic heterocycles. The first-order valence-electron chi connectivity index (χ1n) is 6.40. The molecule has 0 aromatic carbocycles. The lowest BCUT2D eigenvalue weighted by Crippen LogP contribution is -2.43. The number of anilines is 1. The fourth-order valence-corrected chi connectivity index (χ4v) is 3.87. The van der Waals surface area contributed by atoms with Crippen molar-refractivity contribution in [2.45, 2.75) is 25.7 Å². The Morgan fingerprint density at radius 1 is 1.06 bits per heavy atom. The zero-order valence-electron chi connectivity index (χ0n) is 10.0. The van der Waals surface area contributed by atoms with Gasteiger partial charge in [0, 0.05) is 13.1 Å². The fourth-order valence-electron chi connectivity index (χ4n) is 3.26. The minimum atomic E-state index is 0.340. The third kappa shape index (κ3) is 2.43. The van der Waals surface area contributed by atoms with Crippen LogP contribution < -0.4 is 4.90 Å². The number of halogens is 3. The molecule has 0 radical (unpaired) electrons. The topological polar surface area (TPSA) is 16.1 Å². The predicted molar refractivity (Wildman–Crippen MR) is 76.9 cm³/mol. The van der Waals surface area contributed by atoms with Gasteiger partial charge in [0.1, 0.15) is 11.0 Å². The highest BCUT2D eigenvalue weighted by atomic mass is 35.5. The number of aromatic nitrogens is 1. The maximum Gasteiger partial charge on any atom is 0.150 e. The summed E-state index contributed by atoms with van der Waals surface area (Å²) in [7, 11) is 0. The molecule has 2 bridgehead atoms. The molecule has 1 aliphatic carbocycles. The largest absolute Gasteiger partial charge is 0.355 e. The van der Waals surface area contributed by atoms with E-state index in [1.54, 1.807) is 6.07 Å². The summed E-state index contributed by atoms with van der Waals surface area (Å²) in [5.41, 5.74) is 0. The van der Waals surface area contributed by atoms with Crippen LogP contribution in [0.5, 0.6) is 0 Å². The fraction of sp³-hybridized carbons (Fsp3) is 0.615. The van der Waals surface area contributed by atoms with E-state index in [0.29, 0.717) is 15.2 Å². The van der Waals surface area contributed by atoms with Crippen LogP contribution in [-0.2, 0) is 0 Å². The van der Waals surface area contributed by atoms with Crippen molar-refractivity contribution in [3.05, 3.63) is 21.3 Å². The predicted octanol–water partition coefficient (Wildman–Crippen LogP) is 4.67. The Morgan fingerprint density at radius 2 is 1.72 bits per heavy atom. The van der Waals surface area contributed by atoms with Crippen LogP contribution in [0.25, 0.3) is 0 Å². The van der Waals surface area contributed by atoms with E-state index in [1.165, 1.54) is 25.7 Å². The highest BCUT2D eigenvalue weighted by Gasteiger charge is 2.32. The molecule has 2 unspecified atom stereocenters. The van der Waals surface area contributed by atoms with Crippen molar-refractivity contribution in [1.29, 1.82) is 0 Å². The molecule has 1 saturated heterocycles. The van der Waals surface area contributed by atoms with Crippen LogP contribution >= 0.6 is 34.8 Å². The second kappa shape index (κ2) is 5.07. The van der Waals surface area contributed by atoms with Crippen LogP contribution in [0.3, 0.4) is 0 Å². The molecule has 2 fully saturated rings. The standard InChI is InChI=1S/C13H15Cl3N2/c14-10-5-11(15)13(17-12(10)16)18-6-8-2-1-3-9(4-8)7-18/h5,8-9H,1-4,6-7H2. The first-order chi connectivity index (χ1) is 8.63. The van der Waals surface area contributed by atoms with Crippen molar-refractivity contribution in [1.82, 2.24) is 4.98 Å². The van der Waals surface area contributed by atoms with Gasteiger partial charge >= 0.3 is 0 Å². The van der Waals surface area contributed by atoms with Crippen LogP contribution in [0.15, 0.2) is 6.07 Å². The van der Waals surface area contributed by atoms with E-state index in [4.69, 9.17) is 34.8 Å². The summed E-state index contributed by atoms with van der Waals surface area (Å²) in [5.74, 6) is 2.36. The Balaban J connectivity index is 1.88. The minimum Gasteiger partial charge on any atom is -0.355 e. The van der Waals surface area contributed by atoms with E-state index in [1.807, 2.05) is 0 Å². The third-order valence-electron chi connectivity index (χ3n) is 4.02. The van der Waals surface area contributed by atoms with Gasteiger partial charge in [0.25, 0.3) is 0 Å². The molecule has 2 atom stereocenters. The van der Waals surface area contributed by atoms with Crippen molar-refractivity contribution < 1.29 is 0 Å². The van der Waals surface area contributed by atoms with Crippen molar-refractivity contribution in [2.75, 3.05) is 18.0 Å². The smallest absolute Gasteiger partial charge is 0.150 e. The van der Waals surface area contributed by atoms with Gasteiger partial charge in [-0.25, -0.2) is 4.98 Å². The molecule has 0 amide bonds. The van der Waals surface area contributed by atoms with Gasteiger partial charge in [-0.05, 0) is 37.2 Å². The molecule has 2 nitrogen and oxygen atoms in total. The molecule has 1 saturated carbocycles. The number of piperidine rings is 1. The van der Waals surface area contributed by atoms with Crippen molar-refractivity contribution in [3.8, 4) is 0 Å². The van der Waals surface area contributed by atoms with Crippen LogP contribution in [-0.4, -0.2) is 18.1 Å². The number of hydrogen-bond acceptors (Lipinski definition) is 2. The van der Waals surface area contributed by atoms with E-state index < -0.39 is 0 Å². The van der Waals surface area contributed by atoms with E-state index in [-0.39, 0.29) is 0 Å². The zero-order valence-corrected chi connectivity index (χ0v) is 12.3. The van der Waals surface area contributed by atoms with Gasteiger partial charge in [0.2, 0.25) is 0 Å². The van der Waals surface area contributed by atoms with Crippen molar-refractivity contribution in [2.24, 2.45) is 11.8 Å². The van der Waals surface area contributed by atoms with Gasteiger partial charge in [-0.1, -0.05) is 41.2 Å². The lowest BCUT2D eigenvalue weighted by Gasteiger charge is -2.42. The normalized spacial score (nSPS) is 27.4. The average molecular weight is 306 g/mol. The van der Waals surface area contributed by atoms with Crippen LogP contribution in [0, 0.1) is 11.8 Å². The Labute approximate surface area is 122 Å². The zero-order chi connectivity index (χ0) is 12.7. The quantitative estimate of drug-likeness (QED) is 0.701. The van der Waals surface area contributed by atoms with Crippen LogP contribution in [0.2, 0.25) is 15.2 Å². The number of fused-ring (bicyclic) bond motifs is 2. The number of pyridine rings is 1. The van der Waals surface area contributed by atoms with E-state index >= 15 is 0 Å². The van der Waals surface area contributed by atoms with E-state index in [2.05, 4.69) is 9.88 Å². The highest BCUT2D eigenvalue weighted by molar-refractivity contribution is 6.42. The molecule has 2 aliphatic rings. The number of hydrogen-bond donors (Lipinski definition) is 0. The molecule has 3 rings (SSSR count). The summed E-state index contributed by atoms with van der Waals surface area (Å²) in [6.07, 6.45) is 5.37. The second-order valence-corrected chi connectivity index (χ2v) is 6.54. The van der Waals surface area contributed by atoms with Crippen molar-refractivity contribution >= 4 is 40.6 Å². The molecule has 5 heteroatoms. The van der Waals surface area contributed by atoms with Gasteiger partial charge in [-0.2, -0.15) is 0 Å². The average Bonchev–Trinajstić information content (AvgIpc) is 2.33. The molecule has 2 heterocycles. The van der Waals surface area contributed by atoms with Crippen LogP contribution in [0.4, 0.5) is 5.82 Å². The highest BCUT2D eigenvalue weighted by Crippen LogP contribution is 2.39. The summed E-state index contributed by atoms with van der Waals surface area (Å²) in [6, 6.07) is 1.69. The molecule has 0 spiro atoms. The molecule has 1 aromatic rings. The van der Waals surface area contributed by atoms with Gasteiger partial charge < -0.3 is 4.90 Å². The first kappa shape index (κ1) is 12.8. The van der Waals surface area contributed by atoms with E-state index in [9.17, 15) is 0 Å². The monoisotopic (exact) mass is 304 g/mol. The van der Waals surface area contributed by atoms with E-state index in [0.717, 1.165) is 30.7 Å². The molecule has 98 valence electrons. The van der Waals surface area contributed by atoms with Gasteiger partial charge in [0.05, 0.1) is 10.0 Å². The SMILES string of the molecule is Clc1cc(Cl)c(N2CC3CCCC(C3)C2)nc1Cl. The summed E-state index contributed by atoms with van der Waals surface area (Å²) in [5, 5.41) is 1.36. The van der Waals surface area contributed by atoms with Gasteiger partial charge in [0.15, 0.2) is 0 Å². The number of rotatable bonds is 1. The molecule has 0 N–H and O–H groups in total. The Hall–Kier alpha value is -0.180. The Bertz CT molecular complexity index is 452. The molecule has 1 aliphatic heterocycles. The second-order valence-electron chi connectivity index (χ2n) is 5.37. The van der Waals surface area contributed by atoms with Crippen LogP contribution in [0.1, 0.15) is 25.7 Å². The summed E-state index contributed by atoms with van der Waals surface area (Å²) in [4.78, 5) is 6.63. The summed E-state index contributed by atoms with van der Waals surface area (Å²) in [6.45, 7) is 2.09. The van der Waals surface area contributed by atoms with Gasteiger partial charge in [-0.3, -0.25) is 0 Å². The lowest BCUT2D eigenvalue weighted by molar-refractivity contribution is 0.230. The molecular formula is C13H15Cl3N2. The first-order valence-corrected chi connectivity index (χ1v) is 7.53. The number of nitrogens with zero attached hydrogens (tertiary/aromatic N) is 2. The lowest BCUT2D eigenvalue weighted by atomic mass is 9.78. The molecular weight excluding hydrogens is 291 g/mol. The molecule has 18 heavy (non-hydrogen) atoms. The van der Waals surface area contributed by atoms with Crippen molar-refractivity contribution in [3.63, 3.8) is 0 Å². The van der Waals surface area contributed by atoms with Gasteiger partial charge in [-0.15, -0.1) is 0 Å².